The van der Waals surface area contributed by atoms with E-state index in [1.807, 2.05) is 18.2 Å². The van der Waals surface area contributed by atoms with Crippen molar-refractivity contribution in [3.8, 4) is 17.2 Å². The minimum absolute atomic E-state index is 0.202. The molecule has 0 atom stereocenters. The largest absolute Gasteiger partial charge is 0.492 e. The number of benzene rings is 3. The van der Waals surface area contributed by atoms with E-state index < -0.39 is 0 Å². The molecule has 1 amide bonds. The summed E-state index contributed by atoms with van der Waals surface area (Å²) in [5.74, 6) is 2.73. The highest BCUT2D eigenvalue weighted by Crippen LogP contribution is 2.39. The molecule has 1 saturated heterocycles. The highest BCUT2D eigenvalue weighted by molar-refractivity contribution is 5.79. The van der Waals surface area contributed by atoms with Crippen LogP contribution in [-0.2, 0) is 24.2 Å². The van der Waals surface area contributed by atoms with Gasteiger partial charge >= 0.3 is 0 Å². The molecule has 3 aromatic rings. The molecule has 0 aromatic heterocycles. The highest BCUT2D eigenvalue weighted by Gasteiger charge is 2.37. The molecular formula is C34H40N2O4. The van der Waals surface area contributed by atoms with Gasteiger partial charge in [0, 0.05) is 32.7 Å². The molecule has 6 rings (SSSR count). The first-order valence-electron chi connectivity index (χ1n) is 14.8. The van der Waals surface area contributed by atoms with Crippen molar-refractivity contribution < 1.29 is 19.0 Å². The average Bonchev–Trinajstić information content (AvgIpc) is 3.44. The Bertz CT molecular complexity index is 1290. The molecule has 0 radical (unpaired) electrons. The van der Waals surface area contributed by atoms with Crippen LogP contribution in [0.15, 0.2) is 72.8 Å². The van der Waals surface area contributed by atoms with E-state index in [4.69, 9.17) is 14.2 Å². The van der Waals surface area contributed by atoms with Gasteiger partial charge in [-0.1, -0.05) is 61.0 Å². The molecule has 0 unspecified atom stereocenters. The van der Waals surface area contributed by atoms with Gasteiger partial charge in [-0.2, -0.15) is 0 Å². The first-order chi connectivity index (χ1) is 19.7. The van der Waals surface area contributed by atoms with Crippen LogP contribution in [0.5, 0.6) is 17.2 Å². The number of carbonyl (C=O) groups excluding carboxylic acids is 1. The third-order valence-corrected chi connectivity index (χ3v) is 8.82. The van der Waals surface area contributed by atoms with Crippen molar-refractivity contribution in [2.75, 3.05) is 39.6 Å². The lowest BCUT2D eigenvalue weighted by Gasteiger charge is -2.45. The molecule has 1 fully saturated rings. The molecule has 0 saturated carbocycles. The van der Waals surface area contributed by atoms with Crippen LogP contribution in [0, 0.1) is 5.41 Å². The van der Waals surface area contributed by atoms with Crippen LogP contribution in [0.25, 0.3) is 0 Å². The summed E-state index contributed by atoms with van der Waals surface area (Å²) in [5.41, 5.74) is 3.84. The fraction of sp³-hybridized carbons (Fsp3) is 0.441. The van der Waals surface area contributed by atoms with Gasteiger partial charge < -0.3 is 19.1 Å². The van der Waals surface area contributed by atoms with E-state index in [-0.39, 0.29) is 18.1 Å². The highest BCUT2D eigenvalue weighted by atomic mass is 16.7. The van der Waals surface area contributed by atoms with Gasteiger partial charge in [-0.05, 0) is 72.4 Å². The molecule has 3 heterocycles. The van der Waals surface area contributed by atoms with Gasteiger partial charge in [-0.15, -0.1) is 0 Å². The van der Waals surface area contributed by atoms with Crippen LogP contribution in [0.1, 0.15) is 48.8 Å². The zero-order valence-corrected chi connectivity index (χ0v) is 23.4. The third-order valence-electron chi connectivity index (χ3n) is 8.82. The molecule has 3 aliphatic heterocycles. The maximum absolute atomic E-state index is 13.3. The molecule has 3 aromatic carbocycles. The van der Waals surface area contributed by atoms with Gasteiger partial charge in [0.1, 0.15) is 12.4 Å². The Morgan fingerprint density at radius 2 is 1.55 bits per heavy atom. The molecule has 1 spiro atoms. The predicted octanol–water partition coefficient (Wildman–Crippen LogP) is 5.87. The summed E-state index contributed by atoms with van der Waals surface area (Å²) in [4.78, 5) is 18.0. The van der Waals surface area contributed by atoms with E-state index in [0.717, 1.165) is 81.2 Å². The molecule has 0 aliphatic carbocycles. The van der Waals surface area contributed by atoms with Crippen LogP contribution in [0.4, 0.5) is 0 Å². The summed E-state index contributed by atoms with van der Waals surface area (Å²) >= 11 is 0. The number of amides is 1. The van der Waals surface area contributed by atoms with Crippen molar-refractivity contribution in [3.63, 3.8) is 0 Å². The lowest BCUT2D eigenvalue weighted by molar-refractivity contribution is -0.133. The van der Waals surface area contributed by atoms with Gasteiger partial charge in [0.25, 0.3) is 0 Å². The van der Waals surface area contributed by atoms with Crippen LogP contribution in [-0.4, -0.2) is 55.3 Å². The van der Waals surface area contributed by atoms with Crippen molar-refractivity contribution >= 4 is 5.91 Å². The van der Waals surface area contributed by atoms with Gasteiger partial charge in [0.15, 0.2) is 11.5 Å². The number of ether oxygens (including phenoxy) is 3. The van der Waals surface area contributed by atoms with Gasteiger partial charge in [-0.3, -0.25) is 9.69 Å². The Kier molecular flexibility index (Phi) is 8.24. The summed E-state index contributed by atoms with van der Waals surface area (Å²) in [6.07, 6.45) is 7.10. The summed E-state index contributed by atoms with van der Waals surface area (Å²) in [5, 5.41) is 0. The minimum Gasteiger partial charge on any atom is -0.492 e. The van der Waals surface area contributed by atoms with Crippen molar-refractivity contribution in [2.24, 2.45) is 5.41 Å². The number of hydrogen-bond acceptors (Lipinski definition) is 5. The molecule has 210 valence electrons. The third kappa shape index (κ3) is 6.44. The van der Waals surface area contributed by atoms with Crippen molar-refractivity contribution in [3.05, 3.63) is 89.5 Å². The summed E-state index contributed by atoms with van der Waals surface area (Å²) in [6.45, 7) is 5.42. The average molecular weight is 541 g/mol. The fourth-order valence-corrected chi connectivity index (χ4v) is 6.54. The Morgan fingerprint density at radius 1 is 0.750 bits per heavy atom. The van der Waals surface area contributed by atoms with E-state index >= 15 is 0 Å². The number of fused-ring (bicyclic) bond motifs is 2. The van der Waals surface area contributed by atoms with E-state index in [1.165, 1.54) is 24.0 Å². The number of aryl methyl sites for hydroxylation is 1. The number of likely N-dealkylation sites (tertiary alicyclic amines) is 1. The van der Waals surface area contributed by atoms with E-state index in [2.05, 4.69) is 64.4 Å². The number of rotatable bonds is 4. The van der Waals surface area contributed by atoms with Gasteiger partial charge in [-0.25, -0.2) is 0 Å². The van der Waals surface area contributed by atoms with Crippen LogP contribution < -0.4 is 14.2 Å². The zero-order chi connectivity index (χ0) is 27.2. The predicted molar refractivity (Wildman–Crippen MR) is 156 cm³/mol. The number of carbonyl (C=O) groups is 1. The van der Waals surface area contributed by atoms with Gasteiger partial charge in [0.05, 0.1) is 6.42 Å². The maximum atomic E-state index is 13.3. The van der Waals surface area contributed by atoms with Crippen LogP contribution in [0.3, 0.4) is 0 Å². The molecular weight excluding hydrogens is 500 g/mol. The summed E-state index contributed by atoms with van der Waals surface area (Å²) < 4.78 is 17.3. The lowest BCUT2D eigenvalue weighted by Crippen LogP contribution is -2.48. The Hall–Kier alpha value is -3.51. The quantitative estimate of drug-likeness (QED) is 0.414. The number of piperidine rings is 1. The molecule has 6 heteroatoms. The monoisotopic (exact) mass is 540 g/mol. The molecule has 6 nitrogen and oxygen atoms in total. The van der Waals surface area contributed by atoms with Crippen LogP contribution >= 0.6 is 0 Å². The molecule has 0 bridgehead atoms. The Balaban J connectivity index is 1.14. The second-order valence-corrected chi connectivity index (χ2v) is 11.6. The molecule has 0 N–H and O–H groups in total. The van der Waals surface area contributed by atoms with Gasteiger partial charge in [0.2, 0.25) is 12.7 Å². The zero-order valence-electron chi connectivity index (χ0n) is 23.4. The SMILES string of the molecule is O=C(Cc1ccc2c(c1)OCO2)N1CCC2(CCCCc3ccccc3OCCN(Cc3ccccc3)C2)CC1. The van der Waals surface area contributed by atoms with Crippen molar-refractivity contribution in [1.29, 1.82) is 0 Å². The topological polar surface area (TPSA) is 51.2 Å². The fourth-order valence-electron chi connectivity index (χ4n) is 6.54. The standard InChI is InChI=1S/C34H40N2O4/c37-33(23-28-13-14-31-32(22-28)40-26-39-31)36-18-16-34(17-19-36)15-7-6-11-29-10-4-5-12-30(29)38-21-20-35(25-34)24-27-8-2-1-3-9-27/h1-5,8-10,12-14,22H,6-7,11,15-21,23-26H2. The Labute approximate surface area is 237 Å². The van der Waals surface area contributed by atoms with E-state index in [0.29, 0.717) is 13.0 Å². The second-order valence-electron chi connectivity index (χ2n) is 11.6. The normalized spacial score (nSPS) is 19.2. The Morgan fingerprint density at radius 3 is 2.42 bits per heavy atom. The number of nitrogens with zero attached hydrogens (tertiary/aromatic N) is 2. The lowest BCUT2D eigenvalue weighted by atomic mass is 9.73. The first kappa shape index (κ1) is 26.7. The smallest absolute Gasteiger partial charge is 0.231 e. The van der Waals surface area contributed by atoms with E-state index in [1.54, 1.807) is 0 Å². The maximum Gasteiger partial charge on any atom is 0.231 e. The molecule has 40 heavy (non-hydrogen) atoms. The summed E-state index contributed by atoms with van der Waals surface area (Å²) in [7, 11) is 0. The van der Waals surface area contributed by atoms with Crippen LogP contribution in [0.2, 0.25) is 0 Å². The van der Waals surface area contributed by atoms with E-state index in [9.17, 15) is 4.79 Å². The second kappa shape index (κ2) is 12.3. The van der Waals surface area contributed by atoms with Crippen molar-refractivity contribution in [1.82, 2.24) is 9.80 Å². The number of para-hydroxylation sites is 1. The molecule has 3 aliphatic rings. The first-order valence-corrected chi connectivity index (χ1v) is 14.8. The van der Waals surface area contributed by atoms with Crippen molar-refractivity contribution in [2.45, 2.75) is 51.5 Å². The summed E-state index contributed by atoms with van der Waals surface area (Å²) in [6, 6.07) is 25.1. The minimum atomic E-state index is 0.202. The number of hydrogen-bond donors (Lipinski definition) is 0.